The average molecular weight is 1760 g/mol. The number of carboxylic acids is 1. The van der Waals surface area contributed by atoms with Crippen LogP contribution in [0.25, 0.3) is 51.6 Å². The first-order chi connectivity index (χ1) is 61.1. The van der Waals surface area contributed by atoms with Crippen molar-refractivity contribution < 1.29 is 82.5 Å². The van der Waals surface area contributed by atoms with E-state index in [9.17, 15) is 53.5 Å². The summed E-state index contributed by atoms with van der Waals surface area (Å²) in [4.78, 5) is 183. The Morgan fingerprint density at radius 2 is 0.797 bits per heavy atom. The van der Waals surface area contributed by atoms with Crippen LogP contribution in [0.5, 0.6) is 0 Å². The maximum Gasteiger partial charge on any atom is 0.373 e. The minimum Gasteiger partial charge on any atom is -0.480 e. The zero-order valence-corrected chi connectivity index (χ0v) is 75.4. The van der Waals surface area contributed by atoms with Crippen LogP contribution in [0, 0.1) is 10.8 Å². The number of carboxylic acid groups (broad SMARTS) is 1. The molecular weight excluding hydrogens is 1640 g/mol. The summed E-state index contributed by atoms with van der Waals surface area (Å²) in [6, 6.07) is 25.5. The van der Waals surface area contributed by atoms with Crippen molar-refractivity contribution in [1.29, 1.82) is 0 Å². The minimum atomic E-state index is -0.998. The lowest BCUT2D eigenvalue weighted by Gasteiger charge is -2.29. The molecule has 34 nitrogen and oxygen atoms in total. The molecule has 6 aromatic rings. The highest BCUT2D eigenvalue weighted by molar-refractivity contribution is 6.08. The SMILES string of the molecule is CC(C)(C)CN.CCCN(OCC)C(=O)C1=Cc2ccc(-c3ccc(C(=O)N4CCC[C@H]4C(=O)NCC(OO)C(C)(C)C)nc3)cc2N=C(N)C1.CCCN(OCC)C(=O)C1=Cc2ccc(-c3ccc(C(=O)N4CCC[C@H]4C(=O)O)nc3)cc2N=C(N)C1.CCCN(OCC)C(=O)C1=Cc2ccc(-c3ccc(C(=O)N4CCC[C@H]4C(C)=O)nc3)cc2N=C(N)C1.O=C=O. The highest BCUT2D eigenvalue weighted by atomic mass is 17.1. The third-order valence-electron chi connectivity index (χ3n) is 21.3. The number of rotatable bonds is 27. The maximum absolute atomic E-state index is 13.4. The number of amides is 7. The number of ketones is 1. The van der Waals surface area contributed by atoms with Crippen LogP contribution in [0.1, 0.15) is 215 Å². The van der Waals surface area contributed by atoms with Crippen molar-refractivity contribution >= 4 is 112 Å². The number of carbonyl (C=O) groups is 9. The zero-order valence-electron chi connectivity index (χ0n) is 75.4. The van der Waals surface area contributed by atoms with E-state index in [1.54, 1.807) is 70.9 Å². The predicted octanol–water partition coefficient (Wildman–Crippen LogP) is 12.1. The van der Waals surface area contributed by atoms with Crippen molar-refractivity contribution in [3.05, 3.63) is 160 Å². The van der Waals surface area contributed by atoms with Crippen molar-refractivity contribution in [3.8, 4) is 33.4 Å². The van der Waals surface area contributed by atoms with Crippen LogP contribution in [-0.4, -0.2) is 228 Å². The first-order valence-electron chi connectivity index (χ1n) is 43.3. The van der Waals surface area contributed by atoms with Gasteiger partial charge in [-0.15, -0.1) is 0 Å². The van der Waals surface area contributed by atoms with Crippen LogP contribution in [0.15, 0.2) is 141 Å². The second-order valence-corrected chi connectivity index (χ2v) is 33.4. The number of carbonyl (C=O) groups excluding carboxylic acids is 10. The lowest BCUT2D eigenvalue weighted by molar-refractivity contribution is -0.297. The van der Waals surface area contributed by atoms with E-state index in [4.69, 9.17) is 47.0 Å². The van der Waals surface area contributed by atoms with Gasteiger partial charge in [0.25, 0.3) is 35.4 Å². The highest BCUT2D eigenvalue weighted by Crippen LogP contribution is 2.37. The first kappa shape index (κ1) is 101. The molecule has 3 aromatic heterocycles. The number of pyridine rings is 3. The molecule has 3 fully saturated rings. The van der Waals surface area contributed by atoms with Crippen LogP contribution in [-0.2, 0) is 57.8 Å². The van der Waals surface area contributed by atoms with Gasteiger partial charge in [0.05, 0.1) is 42.9 Å². The summed E-state index contributed by atoms with van der Waals surface area (Å²) in [5.41, 5.74) is 35.1. The Morgan fingerprint density at radius 3 is 1.07 bits per heavy atom. The number of aliphatic carboxylic acids is 1. The summed E-state index contributed by atoms with van der Waals surface area (Å²) < 4.78 is 0. The zero-order chi connectivity index (χ0) is 93.7. The van der Waals surface area contributed by atoms with E-state index in [1.807, 2.05) is 129 Å². The smallest absolute Gasteiger partial charge is 0.373 e. The molecule has 9 heterocycles. The van der Waals surface area contributed by atoms with Gasteiger partial charge in [-0.25, -0.2) is 39.8 Å². The largest absolute Gasteiger partial charge is 0.480 e. The summed E-state index contributed by atoms with van der Waals surface area (Å²) in [5, 5.41) is 25.5. The molecule has 3 saturated heterocycles. The van der Waals surface area contributed by atoms with Crippen LogP contribution in [0.4, 0.5) is 17.1 Å². The maximum atomic E-state index is 13.4. The summed E-state index contributed by atoms with van der Waals surface area (Å²) in [5.74, 6) is -1.92. The summed E-state index contributed by atoms with van der Waals surface area (Å²) >= 11 is 0. The molecule has 684 valence electrons. The number of aromatic nitrogens is 3. The van der Waals surface area contributed by atoms with Gasteiger partial charge >= 0.3 is 12.1 Å². The number of benzene rings is 3. The molecular formula is C94H121N17O17. The third kappa shape index (κ3) is 27.4. The molecule has 0 spiro atoms. The van der Waals surface area contributed by atoms with Gasteiger partial charge in [-0.05, 0) is 174 Å². The third-order valence-corrected chi connectivity index (χ3v) is 21.3. The number of hydroxylamine groups is 6. The monoisotopic (exact) mass is 1760 g/mol. The Morgan fingerprint density at radius 1 is 0.492 bits per heavy atom. The molecule has 0 bridgehead atoms. The molecule has 0 aliphatic carbocycles. The normalized spacial score (nSPS) is 16.4. The van der Waals surface area contributed by atoms with E-state index in [1.165, 1.54) is 27.0 Å². The Kier molecular flexibility index (Phi) is 37.6. The van der Waals surface area contributed by atoms with Crippen molar-refractivity contribution in [1.82, 2.24) is 50.2 Å². The molecule has 4 atom stereocenters. The van der Waals surface area contributed by atoms with Crippen molar-refractivity contribution in [2.75, 3.05) is 72.2 Å². The molecule has 128 heavy (non-hydrogen) atoms. The standard InChI is InChI=1S/C33H44N6O6.C28H33N5O4.C27H31N5O5.C5H13N.CO2/c1-6-14-39(44-7-2)31(41)24-16-22-11-10-21(17-26(22)37-29(34)18-24)23-12-13-25(35-19-23)32(42)38-15-8-9-27(38)30(40)36-20-28(45-43)33(3,4)5;1-4-12-33(37-5-2)27(35)22-14-20-9-8-19(15-24(20)31-26(29)16-22)21-10-11-23(30-17-21)28(36)32-13-6-7-25(32)18(3)34;1-3-11-32(37-4-2)25(33)20-13-18-8-7-17(14-22(18)30-24(28)15-20)19-9-10-21(29-16-19)26(34)31-12-5-6-23(31)27(35)36;1-5(2,3)4-6;2-1-3/h10-13,16-17,19,27-28,43H,6-9,14-15,18,20H2,1-5H3,(H2,34,37)(H,36,40);8-11,14-15,17,25H,4-7,12-13,16H2,1-3H3,(H2,29,31);7-10,13-14,16,23H,3-6,11-12,15H2,1-2H3,(H2,28,30)(H,35,36);4,6H2,1-3H3;/t27-,28?;25-;23-;;/m000../s1. The number of nitrogens with one attached hydrogen (secondary N) is 1. The molecule has 0 saturated carbocycles. The van der Waals surface area contributed by atoms with Gasteiger partial charge in [0.2, 0.25) is 5.91 Å². The van der Waals surface area contributed by atoms with Gasteiger partial charge in [-0.1, -0.05) is 117 Å². The fraction of sp³-hybridized carbons (Fsp3) is 0.447. The topological polar surface area (TPSA) is 476 Å². The van der Waals surface area contributed by atoms with Gasteiger partial charge in [-0.3, -0.25) is 73.1 Å². The van der Waals surface area contributed by atoms with E-state index in [2.05, 4.69) is 60.9 Å². The number of hydrogen-bond donors (Lipinski definition) is 7. The Balaban J connectivity index is 0.000000227. The van der Waals surface area contributed by atoms with Crippen molar-refractivity contribution in [2.45, 2.75) is 191 Å². The number of nitrogens with zero attached hydrogens (tertiary/aromatic N) is 12. The number of Topliss-reactive ketones (excluding diaryl/α,β-unsaturated/α-hetero) is 1. The van der Waals surface area contributed by atoms with Crippen molar-refractivity contribution in [3.63, 3.8) is 0 Å². The van der Waals surface area contributed by atoms with Crippen LogP contribution < -0.4 is 28.3 Å². The second kappa shape index (κ2) is 47.8. The van der Waals surface area contributed by atoms with Crippen LogP contribution in [0.3, 0.4) is 0 Å². The lowest BCUT2D eigenvalue weighted by Crippen LogP contribution is -2.49. The van der Waals surface area contributed by atoms with Gasteiger partial charge in [0.1, 0.15) is 52.8 Å². The molecule has 0 radical (unpaired) electrons. The van der Waals surface area contributed by atoms with Crippen LogP contribution in [0.2, 0.25) is 0 Å². The predicted molar refractivity (Wildman–Crippen MR) is 486 cm³/mol. The summed E-state index contributed by atoms with van der Waals surface area (Å²) in [7, 11) is 0. The van der Waals surface area contributed by atoms with Gasteiger partial charge in [0.15, 0.2) is 5.78 Å². The fourth-order valence-corrected chi connectivity index (χ4v) is 14.7. The number of fused-ring (bicyclic) bond motifs is 3. The van der Waals surface area contributed by atoms with Gasteiger partial charge in [0, 0.05) is 134 Å². The van der Waals surface area contributed by atoms with E-state index < -0.39 is 24.2 Å². The van der Waals surface area contributed by atoms with E-state index in [0.29, 0.717) is 154 Å². The number of aliphatic imine (C=N–C) groups is 3. The molecule has 1 unspecified atom stereocenters. The number of likely N-dealkylation sites (tertiary alicyclic amines) is 3. The highest BCUT2D eigenvalue weighted by Gasteiger charge is 2.39. The molecule has 12 rings (SSSR count). The molecule has 7 amide bonds. The molecule has 6 aliphatic heterocycles. The molecule has 6 aliphatic rings. The minimum absolute atomic E-state index is 0.00199. The lowest BCUT2D eigenvalue weighted by atomic mass is 9.89. The number of hydrogen-bond acceptors (Lipinski definition) is 26. The second-order valence-electron chi connectivity index (χ2n) is 33.4. The van der Waals surface area contributed by atoms with Crippen molar-refractivity contribution in [2.24, 2.45) is 48.7 Å². The Labute approximate surface area is 746 Å². The Hall–Kier alpha value is -12.7. The van der Waals surface area contributed by atoms with Gasteiger partial charge in [-0.2, -0.15) is 9.59 Å². The number of amidine groups is 3. The van der Waals surface area contributed by atoms with Gasteiger partial charge < -0.3 is 48.1 Å². The number of nitrogens with two attached hydrogens (primary N) is 4. The molecule has 34 heteroatoms. The average Bonchev–Trinajstić information content (AvgIpc) is 1.43. The summed E-state index contributed by atoms with van der Waals surface area (Å²) in [6.07, 6.45) is 16.7. The quantitative estimate of drug-likeness (QED) is 0.0186. The summed E-state index contributed by atoms with van der Waals surface area (Å²) in [6.45, 7) is 30.0. The van der Waals surface area contributed by atoms with Crippen LogP contribution >= 0.6 is 0 Å². The fourth-order valence-electron chi connectivity index (χ4n) is 14.7. The van der Waals surface area contributed by atoms with E-state index in [0.717, 1.165) is 82.3 Å². The van der Waals surface area contributed by atoms with E-state index >= 15 is 0 Å². The molecule has 3 aromatic carbocycles. The first-order valence-corrected chi connectivity index (χ1v) is 43.3. The molecule has 11 N–H and O–H groups in total. The van der Waals surface area contributed by atoms with E-state index in [-0.39, 0.29) is 102 Å². The Bertz CT molecular complexity index is 4950.